The van der Waals surface area contributed by atoms with Gasteiger partial charge in [-0.2, -0.15) is 0 Å². The van der Waals surface area contributed by atoms with Crippen LogP contribution in [-0.2, 0) is 9.53 Å². The number of carbonyl (C=O) groups excluding carboxylic acids is 1. The lowest BCUT2D eigenvalue weighted by Gasteiger charge is -2.43. The number of rotatable bonds is 5. The number of thioether (sulfide) groups is 1. The van der Waals surface area contributed by atoms with Crippen molar-refractivity contribution < 1.29 is 19.0 Å². The molecule has 1 amide bonds. The molecule has 1 saturated carbocycles. The third kappa shape index (κ3) is 4.06. The Kier molecular flexibility index (Phi) is 5.83. The molecule has 0 aromatic heterocycles. The highest BCUT2D eigenvalue weighted by Gasteiger charge is 2.46. The summed E-state index contributed by atoms with van der Waals surface area (Å²) in [5.41, 5.74) is 0.200. The van der Waals surface area contributed by atoms with Crippen LogP contribution >= 0.6 is 11.8 Å². The van der Waals surface area contributed by atoms with Crippen LogP contribution in [-0.4, -0.2) is 56.1 Å². The number of nitrogens with zero attached hydrogens (tertiary/aromatic N) is 1. The molecule has 2 aliphatic heterocycles. The number of carbonyl (C=O) groups is 1. The number of benzene rings is 1. The van der Waals surface area contributed by atoms with E-state index in [1.165, 1.54) is 19.3 Å². The Labute approximate surface area is 165 Å². The van der Waals surface area contributed by atoms with Crippen LogP contribution in [0.25, 0.3) is 0 Å². The lowest BCUT2D eigenvalue weighted by atomic mass is 9.76. The van der Waals surface area contributed by atoms with E-state index in [9.17, 15) is 4.79 Å². The number of fused-ring (bicyclic) bond motifs is 1. The van der Waals surface area contributed by atoms with Gasteiger partial charge in [0.15, 0.2) is 11.5 Å². The maximum absolute atomic E-state index is 12.8. The van der Waals surface area contributed by atoms with Crippen LogP contribution in [0.4, 0.5) is 0 Å². The van der Waals surface area contributed by atoms with Gasteiger partial charge in [0.25, 0.3) is 0 Å². The molecule has 6 heteroatoms. The first-order valence-electron chi connectivity index (χ1n) is 10.0. The summed E-state index contributed by atoms with van der Waals surface area (Å²) in [5.74, 6) is 2.68. The summed E-state index contributed by atoms with van der Waals surface area (Å²) < 4.78 is 16.9. The summed E-state index contributed by atoms with van der Waals surface area (Å²) in [5, 5.41) is 0. The number of hydrogen-bond donors (Lipinski definition) is 0. The Morgan fingerprint density at radius 1 is 1.26 bits per heavy atom. The SMILES string of the molecule is CO[C@@H]1CCC[C@]12CCCN(C(=O)CCSc1ccc3c(c1)OCCO3)C2. The number of methoxy groups -OCH3 is 1. The quantitative estimate of drug-likeness (QED) is 0.716. The third-order valence-corrected chi connectivity index (χ3v) is 7.16. The molecule has 5 nitrogen and oxygen atoms in total. The minimum absolute atomic E-state index is 0.200. The van der Waals surface area contributed by atoms with Gasteiger partial charge in [-0.25, -0.2) is 0 Å². The van der Waals surface area contributed by atoms with Gasteiger partial charge in [0.1, 0.15) is 13.2 Å². The van der Waals surface area contributed by atoms with Crippen molar-refractivity contribution in [1.29, 1.82) is 0 Å². The predicted molar refractivity (Wildman–Crippen MR) is 106 cm³/mol. The highest BCUT2D eigenvalue weighted by Crippen LogP contribution is 2.46. The molecule has 1 saturated heterocycles. The molecule has 0 radical (unpaired) electrons. The number of ether oxygens (including phenoxy) is 3. The maximum atomic E-state index is 12.8. The number of amides is 1. The molecule has 0 N–H and O–H groups in total. The van der Waals surface area contributed by atoms with Crippen LogP contribution in [0, 0.1) is 5.41 Å². The highest BCUT2D eigenvalue weighted by atomic mass is 32.2. The van der Waals surface area contributed by atoms with E-state index >= 15 is 0 Å². The van der Waals surface area contributed by atoms with E-state index in [2.05, 4.69) is 4.90 Å². The van der Waals surface area contributed by atoms with Crippen LogP contribution in [0.1, 0.15) is 38.5 Å². The molecule has 0 unspecified atom stereocenters. The monoisotopic (exact) mass is 391 g/mol. The predicted octanol–water partition coefficient (Wildman–Crippen LogP) is 3.75. The molecule has 27 heavy (non-hydrogen) atoms. The second-order valence-electron chi connectivity index (χ2n) is 7.80. The van der Waals surface area contributed by atoms with Crippen LogP contribution in [0.2, 0.25) is 0 Å². The first-order chi connectivity index (χ1) is 13.2. The Balaban J connectivity index is 1.29. The second-order valence-corrected chi connectivity index (χ2v) is 8.97. The van der Waals surface area contributed by atoms with E-state index in [0.29, 0.717) is 25.7 Å². The van der Waals surface area contributed by atoms with E-state index in [-0.39, 0.29) is 11.3 Å². The fraction of sp³-hybridized carbons (Fsp3) is 0.667. The summed E-state index contributed by atoms with van der Waals surface area (Å²) in [6, 6.07) is 6.01. The highest BCUT2D eigenvalue weighted by molar-refractivity contribution is 7.99. The van der Waals surface area contributed by atoms with E-state index < -0.39 is 0 Å². The molecule has 4 rings (SSSR count). The van der Waals surface area contributed by atoms with Gasteiger partial charge in [0, 0.05) is 42.7 Å². The van der Waals surface area contributed by atoms with Crippen molar-refractivity contribution in [3.63, 3.8) is 0 Å². The van der Waals surface area contributed by atoms with Gasteiger partial charge in [0.05, 0.1) is 6.10 Å². The largest absolute Gasteiger partial charge is 0.486 e. The molecular weight excluding hydrogens is 362 g/mol. The molecule has 1 aromatic carbocycles. The van der Waals surface area contributed by atoms with Crippen LogP contribution in [0.15, 0.2) is 23.1 Å². The molecule has 1 aliphatic carbocycles. The van der Waals surface area contributed by atoms with Gasteiger partial charge >= 0.3 is 0 Å². The van der Waals surface area contributed by atoms with E-state index in [1.807, 2.05) is 25.3 Å². The fourth-order valence-corrected chi connectivity index (χ4v) is 5.71. The summed E-state index contributed by atoms with van der Waals surface area (Å²) >= 11 is 1.71. The van der Waals surface area contributed by atoms with Gasteiger partial charge < -0.3 is 19.1 Å². The molecule has 2 heterocycles. The lowest BCUT2D eigenvalue weighted by molar-refractivity contribution is -0.136. The Morgan fingerprint density at radius 2 is 2.07 bits per heavy atom. The lowest BCUT2D eigenvalue weighted by Crippen LogP contribution is -2.49. The minimum atomic E-state index is 0.200. The van der Waals surface area contributed by atoms with Crippen molar-refractivity contribution >= 4 is 17.7 Å². The molecule has 3 aliphatic rings. The Morgan fingerprint density at radius 3 is 2.93 bits per heavy atom. The molecule has 1 aromatic rings. The molecular formula is C21H29NO4S. The first kappa shape index (κ1) is 18.9. The Bertz CT molecular complexity index is 682. The normalized spacial score (nSPS) is 27.1. The topological polar surface area (TPSA) is 48.0 Å². The van der Waals surface area contributed by atoms with E-state index in [1.54, 1.807) is 11.8 Å². The van der Waals surface area contributed by atoms with Crippen LogP contribution in [0.5, 0.6) is 11.5 Å². The molecule has 148 valence electrons. The average Bonchev–Trinajstić information content (AvgIpc) is 3.09. The van der Waals surface area contributed by atoms with Gasteiger partial charge in [-0.05, 0) is 43.9 Å². The first-order valence-corrected chi connectivity index (χ1v) is 11.0. The van der Waals surface area contributed by atoms with E-state index in [4.69, 9.17) is 14.2 Å². The van der Waals surface area contributed by atoms with Gasteiger partial charge in [-0.3, -0.25) is 4.79 Å². The van der Waals surface area contributed by atoms with Crippen LogP contribution in [0.3, 0.4) is 0 Å². The number of hydrogen-bond acceptors (Lipinski definition) is 5. The summed E-state index contributed by atoms with van der Waals surface area (Å²) in [4.78, 5) is 16.0. The van der Waals surface area contributed by atoms with Gasteiger partial charge in [-0.15, -0.1) is 11.8 Å². The Hall–Kier alpha value is -1.40. The zero-order valence-corrected chi connectivity index (χ0v) is 16.9. The van der Waals surface area contributed by atoms with Crippen molar-refractivity contribution in [3.8, 4) is 11.5 Å². The summed E-state index contributed by atoms with van der Waals surface area (Å²) in [6.07, 6.45) is 6.75. The summed E-state index contributed by atoms with van der Waals surface area (Å²) in [7, 11) is 1.82. The average molecular weight is 392 g/mol. The third-order valence-electron chi connectivity index (χ3n) is 6.17. The smallest absolute Gasteiger partial charge is 0.223 e. The number of likely N-dealkylation sites (tertiary alicyclic amines) is 1. The standard InChI is InChI=1S/C21H29NO4S/c1-24-19-4-2-8-21(19)9-3-10-22(15-21)20(23)7-13-27-16-5-6-17-18(14-16)26-12-11-25-17/h5-6,14,19H,2-4,7-13,15H2,1H3/t19-,21-/m1/s1. The van der Waals surface area contributed by atoms with Crippen LogP contribution < -0.4 is 9.47 Å². The fourth-order valence-electron chi connectivity index (χ4n) is 4.84. The van der Waals surface area contributed by atoms with Crippen molar-refractivity contribution in [2.24, 2.45) is 5.41 Å². The van der Waals surface area contributed by atoms with Crippen molar-refractivity contribution in [2.45, 2.75) is 49.5 Å². The molecule has 2 atom stereocenters. The second kappa shape index (κ2) is 8.31. The zero-order chi connectivity index (χ0) is 18.7. The molecule has 2 fully saturated rings. The zero-order valence-electron chi connectivity index (χ0n) is 16.1. The maximum Gasteiger partial charge on any atom is 0.223 e. The van der Waals surface area contributed by atoms with Crippen molar-refractivity contribution in [1.82, 2.24) is 4.90 Å². The van der Waals surface area contributed by atoms with Gasteiger partial charge in [0.2, 0.25) is 5.91 Å². The minimum Gasteiger partial charge on any atom is -0.486 e. The molecule has 1 spiro atoms. The van der Waals surface area contributed by atoms with Gasteiger partial charge in [-0.1, -0.05) is 6.42 Å². The number of piperidine rings is 1. The molecule has 0 bridgehead atoms. The van der Waals surface area contributed by atoms with Crippen molar-refractivity contribution in [2.75, 3.05) is 39.2 Å². The van der Waals surface area contributed by atoms with E-state index in [0.717, 1.165) is 48.1 Å². The van der Waals surface area contributed by atoms with Crippen molar-refractivity contribution in [3.05, 3.63) is 18.2 Å². The summed E-state index contributed by atoms with van der Waals surface area (Å²) in [6.45, 7) is 2.97.